The molecule has 36 heavy (non-hydrogen) atoms. The average Bonchev–Trinajstić information content (AvgIpc) is 3.13. The highest BCUT2D eigenvalue weighted by Gasteiger charge is 2.37. The second-order valence-corrected chi connectivity index (χ2v) is 8.66. The molecule has 0 unspecified atom stereocenters. The van der Waals surface area contributed by atoms with E-state index in [0.717, 1.165) is 4.57 Å². The van der Waals surface area contributed by atoms with Gasteiger partial charge in [-0.05, 0) is 62.7 Å². The Kier molecular flexibility index (Phi) is 7.33. The van der Waals surface area contributed by atoms with Gasteiger partial charge >= 0.3 is 18.4 Å². The smallest absolute Gasteiger partial charge is 0.416 e. The summed E-state index contributed by atoms with van der Waals surface area (Å²) in [6, 6.07) is 4.82. The third kappa shape index (κ3) is 6.13. The largest absolute Gasteiger partial charge is 0.497 e. The van der Waals surface area contributed by atoms with Crippen LogP contribution in [0.1, 0.15) is 37.5 Å². The molecular formula is C25H24F6N2O3. The fourth-order valence-corrected chi connectivity index (χ4v) is 3.68. The molecule has 11 heteroatoms. The molecule has 0 bridgehead atoms. The molecule has 3 aromatic rings. The first kappa shape index (κ1) is 27.0. The molecule has 1 N–H and O–H groups in total. The van der Waals surface area contributed by atoms with E-state index in [9.17, 15) is 31.1 Å². The number of carbonyl (C=O) groups is 1. The van der Waals surface area contributed by atoms with Crippen molar-refractivity contribution < 1.29 is 40.6 Å². The topological polar surface area (TPSA) is 52.5 Å². The van der Waals surface area contributed by atoms with Crippen LogP contribution in [0.25, 0.3) is 10.9 Å². The number of rotatable bonds is 6. The van der Waals surface area contributed by atoms with E-state index in [2.05, 4.69) is 5.32 Å². The first-order chi connectivity index (χ1) is 16.6. The number of ether oxygens (including phenoxy) is 2. The van der Waals surface area contributed by atoms with E-state index in [-0.39, 0.29) is 6.07 Å². The van der Waals surface area contributed by atoms with Crippen molar-refractivity contribution in [1.82, 2.24) is 4.57 Å². The Hall–Kier alpha value is -3.63. The van der Waals surface area contributed by atoms with E-state index in [1.165, 1.54) is 19.6 Å². The number of allylic oxidation sites excluding steroid dienone is 1. The predicted octanol–water partition coefficient (Wildman–Crippen LogP) is 7.64. The van der Waals surface area contributed by atoms with Crippen LogP contribution < -0.4 is 10.1 Å². The van der Waals surface area contributed by atoms with Crippen molar-refractivity contribution in [1.29, 1.82) is 0 Å². The number of aromatic nitrogens is 1. The summed E-state index contributed by atoms with van der Waals surface area (Å²) in [4.78, 5) is 13.1. The zero-order valence-electron chi connectivity index (χ0n) is 19.8. The van der Waals surface area contributed by atoms with Crippen LogP contribution >= 0.6 is 0 Å². The van der Waals surface area contributed by atoms with Gasteiger partial charge in [0, 0.05) is 23.7 Å². The molecule has 0 spiro atoms. The Balaban J connectivity index is 2.05. The van der Waals surface area contributed by atoms with E-state index in [1.54, 1.807) is 31.2 Å². The molecule has 0 fully saturated rings. The molecule has 3 rings (SSSR count). The lowest BCUT2D eigenvalue weighted by atomic mass is 9.98. The van der Waals surface area contributed by atoms with Crippen molar-refractivity contribution in [2.45, 2.75) is 45.1 Å². The maximum atomic E-state index is 13.2. The van der Waals surface area contributed by atoms with Gasteiger partial charge in [0.1, 0.15) is 11.4 Å². The molecule has 0 saturated heterocycles. The van der Waals surface area contributed by atoms with E-state index >= 15 is 0 Å². The Morgan fingerprint density at radius 2 is 1.61 bits per heavy atom. The SMILES string of the molecule is CC=COC(C)(C)Cc1cn(C(=O)Nc2cc(C(F)(F)F)cc(C(F)(F)F)c2)c2ccc(OC)cc12. The summed E-state index contributed by atoms with van der Waals surface area (Å²) in [7, 11) is 1.47. The van der Waals surface area contributed by atoms with E-state index in [1.807, 2.05) is 13.8 Å². The van der Waals surface area contributed by atoms with Crippen LogP contribution in [-0.2, 0) is 23.5 Å². The van der Waals surface area contributed by atoms with Gasteiger partial charge in [-0.2, -0.15) is 26.3 Å². The molecule has 5 nitrogen and oxygen atoms in total. The maximum Gasteiger partial charge on any atom is 0.416 e. The number of fused-ring (bicyclic) bond motifs is 1. The number of carbonyl (C=O) groups excluding carboxylic acids is 1. The summed E-state index contributed by atoms with van der Waals surface area (Å²) >= 11 is 0. The molecule has 0 radical (unpaired) electrons. The van der Waals surface area contributed by atoms with Gasteiger partial charge < -0.3 is 14.8 Å². The zero-order chi connectivity index (χ0) is 26.9. The number of hydrogen-bond donors (Lipinski definition) is 1. The summed E-state index contributed by atoms with van der Waals surface area (Å²) in [6.07, 6.45) is -5.03. The molecule has 0 aliphatic rings. The lowest BCUT2D eigenvalue weighted by Crippen LogP contribution is -2.25. The molecule has 1 heterocycles. The van der Waals surface area contributed by atoms with Gasteiger partial charge in [0.2, 0.25) is 0 Å². The summed E-state index contributed by atoms with van der Waals surface area (Å²) < 4.78 is 91.4. The van der Waals surface area contributed by atoms with Crippen LogP contribution in [0.5, 0.6) is 5.75 Å². The molecule has 0 atom stereocenters. The molecular weight excluding hydrogens is 490 g/mol. The Morgan fingerprint density at radius 3 is 2.14 bits per heavy atom. The lowest BCUT2D eigenvalue weighted by Gasteiger charge is -2.24. The van der Waals surface area contributed by atoms with Crippen molar-refractivity contribution >= 4 is 22.6 Å². The Morgan fingerprint density at radius 1 is 1.00 bits per heavy atom. The van der Waals surface area contributed by atoms with Crippen LogP contribution in [0, 0.1) is 0 Å². The minimum absolute atomic E-state index is 0.00206. The van der Waals surface area contributed by atoms with E-state index in [0.29, 0.717) is 40.8 Å². The minimum atomic E-state index is -5.04. The standard InChI is InChI=1S/C25H24F6N2O3/c1-5-8-36-23(2,3)13-15-14-33(21-7-6-19(35-4)12-20(15)21)22(34)32-18-10-16(24(26,27)28)9-17(11-18)25(29,30)31/h5-12,14H,13H2,1-4H3,(H,32,34). The third-order valence-electron chi connectivity index (χ3n) is 5.29. The fraction of sp³-hybridized carbons (Fsp3) is 0.320. The molecule has 194 valence electrons. The number of nitrogens with one attached hydrogen (secondary N) is 1. The van der Waals surface area contributed by atoms with Crippen LogP contribution in [0.3, 0.4) is 0 Å². The van der Waals surface area contributed by atoms with Gasteiger partial charge in [0.25, 0.3) is 0 Å². The van der Waals surface area contributed by atoms with Crippen LogP contribution in [-0.4, -0.2) is 23.3 Å². The number of nitrogens with zero attached hydrogens (tertiary/aromatic N) is 1. The van der Waals surface area contributed by atoms with E-state index in [4.69, 9.17) is 9.47 Å². The van der Waals surface area contributed by atoms with Crippen molar-refractivity contribution in [3.8, 4) is 5.75 Å². The summed E-state index contributed by atoms with van der Waals surface area (Å²) in [6.45, 7) is 5.45. The number of amides is 1. The molecule has 1 amide bonds. The summed E-state index contributed by atoms with van der Waals surface area (Å²) in [5.41, 5.74) is -3.34. The van der Waals surface area contributed by atoms with Crippen molar-refractivity contribution in [3.05, 3.63) is 71.6 Å². The molecule has 0 aliphatic heterocycles. The zero-order valence-corrected chi connectivity index (χ0v) is 19.8. The lowest BCUT2D eigenvalue weighted by molar-refractivity contribution is -0.143. The van der Waals surface area contributed by atoms with Crippen LogP contribution in [0.15, 0.2) is 54.9 Å². The van der Waals surface area contributed by atoms with Gasteiger partial charge in [-0.25, -0.2) is 4.79 Å². The van der Waals surface area contributed by atoms with Crippen LogP contribution in [0.4, 0.5) is 36.8 Å². The first-order valence-corrected chi connectivity index (χ1v) is 10.7. The highest BCUT2D eigenvalue weighted by molar-refractivity contribution is 6.00. The van der Waals surface area contributed by atoms with Gasteiger partial charge in [-0.15, -0.1) is 0 Å². The Labute approximate surface area is 203 Å². The van der Waals surface area contributed by atoms with Crippen molar-refractivity contribution in [2.75, 3.05) is 12.4 Å². The van der Waals surface area contributed by atoms with E-state index < -0.39 is 40.8 Å². The number of alkyl halides is 6. The Bertz CT molecular complexity index is 1260. The highest BCUT2D eigenvalue weighted by Crippen LogP contribution is 2.38. The number of anilines is 1. The average molecular weight is 514 g/mol. The monoisotopic (exact) mass is 514 g/mol. The van der Waals surface area contributed by atoms with Crippen molar-refractivity contribution in [2.24, 2.45) is 0 Å². The maximum absolute atomic E-state index is 13.2. The van der Waals surface area contributed by atoms with Gasteiger partial charge in [0.05, 0.1) is 30.0 Å². The van der Waals surface area contributed by atoms with Gasteiger partial charge in [-0.3, -0.25) is 4.57 Å². The summed E-state index contributed by atoms with van der Waals surface area (Å²) in [5.74, 6) is 0.502. The first-order valence-electron chi connectivity index (χ1n) is 10.7. The molecule has 2 aromatic carbocycles. The number of hydrogen-bond acceptors (Lipinski definition) is 3. The van der Waals surface area contributed by atoms with Gasteiger partial charge in [-0.1, -0.05) is 6.08 Å². The summed E-state index contributed by atoms with van der Waals surface area (Å²) in [5, 5.41) is 2.78. The number of halogens is 6. The molecule has 0 aliphatic carbocycles. The predicted molar refractivity (Wildman–Crippen MR) is 123 cm³/mol. The fourth-order valence-electron chi connectivity index (χ4n) is 3.68. The van der Waals surface area contributed by atoms with Crippen LogP contribution in [0.2, 0.25) is 0 Å². The second-order valence-electron chi connectivity index (χ2n) is 8.66. The normalized spacial score (nSPS) is 12.8. The second kappa shape index (κ2) is 9.79. The van der Waals surface area contributed by atoms with Gasteiger partial charge in [0.15, 0.2) is 0 Å². The number of methoxy groups -OCH3 is 1. The molecule has 1 aromatic heterocycles. The minimum Gasteiger partial charge on any atom is -0.497 e. The third-order valence-corrected chi connectivity index (χ3v) is 5.29. The van der Waals surface area contributed by atoms with Crippen molar-refractivity contribution in [3.63, 3.8) is 0 Å². The highest BCUT2D eigenvalue weighted by atomic mass is 19.4. The quantitative estimate of drug-likeness (QED) is 0.272. The molecule has 0 saturated carbocycles. The number of benzene rings is 2.